The van der Waals surface area contributed by atoms with E-state index >= 15 is 0 Å². The van der Waals surface area contributed by atoms with Gasteiger partial charge in [-0.05, 0) is 19.2 Å². The van der Waals surface area contributed by atoms with Gasteiger partial charge in [-0.3, -0.25) is 19.4 Å². The Labute approximate surface area is 118 Å². The molecule has 1 aromatic carbocycles. The van der Waals surface area contributed by atoms with Crippen molar-refractivity contribution < 1.29 is 9.59 Å². The first kappa shape index (κ1) is 14.0. The molecule has 0 aromatic heterocycles. The summed E-state index contributed by atoms with van der Waals surface area (Å²) in [6.07, 6.45) is 1.80. The molecule has 0 aliphatic carbocycles. The summed E-state index contributed by atoms with van der Waals surface area (Å²) in [5.41, 5.74) is 0.922. The van der Waals surface area contributed by atoms with Gasteiger partial charge in [0.25, 0.3) is 11.8 Å². The lowest BCUT2D eigenvalue weighted by molar-refractivity contribution is 0.0675. The zero-order valence-corrected chi connectivity index (χ0v) is 11.4. The van der Waals surface area contributed by atoms with E-state index in [4.69, 9.17) is 0 Å². The SMILES string of the molecule is C=CCN(C)CC#CCN1C(=O)c2ccccc2C1=O. The zero-order chi connectivity index (χ0) is 14.5. The average Bonchev–Trinajstić information content (AvgIpc) is 2.69. The Kier molecular flexibility index (Phi) is 4.34. The lowest BCUT2D eigenvalue weighted by Crippen LogP contribution is -2.30. The normalized spacial score (nSPS) is 13.2. The molecular weight excluding hydrogens is 252 g/mol. The van der Waals surface area contributed by atoms with E-state index in [2.05, 4.69) is 18.4 Å². The second kappa shape index (κ2) is 6.18. The van der Waals surface area contributed by atoms with E-state index in [0.717, 1.165) is 6.54 Å². The monoisotopic (exact) mass is 268 g/mol. The first-order valence-corrected chi connectivity index (χ1v) is 6.35. The highest BCUT2D eigenvalue weighted by molar-refractivity contribution is 6.21. The molecule has 20 heavy (non-hydrogen) atoms. The Hall–Kier alpha value is -2.38. The van der Waals surface area contributed by atoms with Crippen LogP contribution in [-0.2, 0) is 0 Å². The van der Waals surface area contributed by atoms with Crippen molar-refractivity contribution in [1.82, 2.24) is 9.80 Å². The third kappa shape index (κ3) is 2.79. The highest BCUT2D eigenvalue weighted by Gasteiger charge is 2.34. The molecule has 0 radical (unpaired) electrons. The zero-order valence-electron chi connectivity index (χ0n) is 11.4. The number of fused-ring (bicyclic) bond motifs is 1. The number of hydrogen-bond donors (Lipinski definition) is 0. The van der Waals surface area contributed by atoms with Crippen molar-refractivity contribution >= 4 is 11.8 Å². The van der Waals surface area contributed by atoms with E-state index < -0.39 is 0 Å². The van der Waals surface area contributed by atoms with Crippen LogP contribution >= 0.6 is 0 Å². The molecular formula is C16H16N2O2. The highest BCUT2D eigenvalue weighted by Crippen LogP contribution is 2.21. The topological polar surface area (TPSA) is 40.6 Å². The number of carbonyl (C=O) groups excluding carboxylic acids is 2. The number of likely N-dealkylation sites (N-methyl/N-ethyl adjacent to an activating group) is 1. The number of nitrogens with zero attached hydrogens (tertiary/aromatic N) is 2. The van der Waals surface area contributed by atoms with Gasteiger partial charge in [-0.1, -0.05) is 30.0 Å². The molecule has 0 atom stereocenters. The summed E-state index contributed by atoms with van der Waals surface area (Å²) >= 11 is 0. The summed E-state index contributed by atoms with van der Waals surface area (Å²) < 4.78 is 0. The standard InChI is InChI=1S/C16H16N2O2/c1-3-10-17(2)11-6-7-12-18-15(19)13-8-4-5-9-14(13)16(18)20/h3-5,8-9H,1,10-12H2,2H3. The van der Waals surface area contributed by atoms with Gasteiger partial charge in [-0.25, -0.2) is 0 Å². The largest absolute Gasteiger partial charge is 0.292 e. The molecule has 1 aromatic rings. The predicted molar refractivity (Wildman–Crippen MR) is 77.3 cm³/mol. The van der Waals surface area contributed by atoms with Crippen molar-refractivity contribution in [2.24, 2.45) is 0 Å². The Morgan fingerprint density at radius 1 is 1.20 bits per heavy atom. The van der Waals surface area contributed by atoms with Crippen LogP contribution in [0.3, 0.4) is 0 Å². The van der Waals surface area contributed by atoms with E-state index in [9.17, 15) is 9.59 Å². The summed E-state index contributed by atoms with van der Waals surface area (Å²) in [6.45, 7) is 5.11. The third-order valence-electron chi connectivity index (χ3n) is 3.03. The van der Waals surface area contributed by atoms with Crippen molar-refractivity contribution in [2.45, 2.75) is 0 Å². The fourth-order valence-electron chi connectivity index (χ4n) is 1.99. The van der Waals surface area contributed by atoms with Crippen molar-refractivity contribution in [3.8, 4) is 11.8 Å². The Balaban J connectivity index is 1.99. The van der Waals surface area contributed by atoms with Crippen LogP contribution in [-0.4, -0.2) is 48.3 Å². The first-order chi connectivity index (χ1) is 9.65. The molecule has 1 heterocycles. The maximum absolute atomic E-state index is 12.1. The highest BCUT2D eigenvalue weighted by atomic mass is 16.2. The van der Waals surface area contributed by atoms with Crippen molar-refractivity contribution in [3.05, 3.63) is 48.0 Å². The van der Waals surface area contributed by atoms with Crippen LogP contribution in [0.25, 0.3) is 0 Å². The van der Waals surface area contributed by atoms with E-state index in [1.54, 1.807) is 30.3 Å². The molecule has 0 N–H and O–H groups in total. The molecule has 1 aliphatic heterocycles. The number of hydrogen-bond acceptors (Lipinski definition) is 3. The molecule has 0 fully saturated rings. The molecule has 2 amide bonds. The summed E-state index contributed by atoms with van der Waals surface area (Å²) in [4.78, 5) is 27.3. The van der Waals surface area contributed by atoms with E-state index in [1.165, 1.54) is 4.90 Å². The molecule has 2 rings (SSSR count). The van der Waals surface area contributed by atoms with E-state index in [-0.39, 0.29) is 18.4 Å². The summed E-state index contributed by atoms with van der Waals surface area (Å²) in [6, 6.07) is 6.84. The van der Waals surface area contributed by atoms with Gasteiger partial charge in [0.05, 0.1) is 24.2 Å². The smallest absolute Gasteiger partial charge is 0.262 e. The number of carbonyl (C=O) groups is 2. The molecule has 0 spiro atoms. The maximum Gasteiger partial charge on any atom is 0.262 e. The molecule has 4 nitrogen and oxygen atoms in total. The van der Waals surface area contributed by atoms with E-state index in [1.807, 2.05) is 11.9 Å². The number of imide groups is 1. The molecule has 1 aliphatic rings. The van der Waals surface area contributed by atoms with Crippen LogP contribution in [0.5, 0.6) is 0 Å². The molecule has 0 saturated heterocycles. The van der Waals surface area contributed by atoms with Crippen molar-refractivity contribution in [1.29, 1.82) is 0 Å². The molecule has 0 unspecified atom stereocenters. The van der Waals surface area contributed by atoms with Crippen LogP contribution in [0.4, 0.5) is 0 Å². The van der Waals surface area contributed by atoms with Crippen LogP contribution in [0.15, 0.2) is 36.9 Å². The average molecular weight is 268 g/mol. The third-order valence-corrected chi connectivity index (χ3v) is 3.03. The number of benzene rings is 1. The fraction of sp³-hybridized carbons (Fsp3) is 0.250. The van der Waals surface area contributed by atoms with Gasteiger partial charge in [-0.2, -0.15) is 0 Å². The molecule has 4 heteroatoms. The summed E-state index contributed by atoms with van der Waals surface area (Å²) in [7, 11) is 1.93. The lowest BCUT2D eigenvalue weighted by Gasteiger charge is -2.10. The van der Waals surface area contributed by atoms with E-state index in [0.29, 0.717) is 17.7 Å². The quantitative estimate of drug-likeness (QED) is 0.471. The second-order valence-electron chi connectivity index (χ2n) is 4.58. The van der Waals surface area contributed by atoms with Crippen LogP contribution in [0.1, 0.15) is 20.7 Å². The lowest BCUT2D eigenvalue weighted by atomic mass is 10.1. The van der Waals surface area contributed by atoms with Crippen molar-refractivity contribution in [3.63, 3.8) is 0 Å². The molecule has 0 bridgehead atoms. The summed E-state index contributed by atoms with van der Waals surface area (Å²) in [5, 5.41) is 0. The van der Waals surface area contributed by atoms with Gasteiger partial charge in [0.1, 0.15) is 0 Å². The first-order valence-electron chi connectivity index (χ1n) is 6.35. The van der Waals surface area contributed by atoms with Crippen LogP contribution in [0, 0.1) is 11.8 Å². The molecule has 0 saturated carbocycles. The minimum atomic E-state index is -0.264. The maximum atomic E-state index is 12.1. The molecule has 102 valence electrons. The fourth-order valence-corrected chi connectivity index (χ4v) is 1.99. The van der Waals surface area contributed by atoms with Crippen LogP contribution in [0.2, 0.25) is 0 Å². The van der Waals surface area contributed by atoms with Gasteiger partial charge in [-0.15, -0.1) is 6.58 Å². The van der Waals surface area contributed by atoms with Gasteiger partial charge >= 0.3 is 0 Å². The Morgan fingerprint density at radius 2 is 1.80 bits per heavy atom. The number of rotatable bonds is 4. The minimum absolute atomic E-state index is 0.133. The summed E-state index contributed by atoms with van der Waals surface area (Å²) in [5.74, 6) is 5.29. The van der Waals surface area contributed by atoms with Crippen LogP contribution < -0.4 is 0 Å². The Bertz CT molecular complexity index is 575. The number of amides is 2. The van der Waals surface area contributed by atoms with Gasteiger partial charge in [0.2, 0.25) is 0 Å². The minimum Gasteiger partial charge on any atom is -0.292 e. The van der Waals surface area contributed by atoms with Gasteiger partial charge in [0.15, 0.2) is 0 Å². The second-order valence-corrected chi connectivity index (χ2v) is 4.58. The Morgan fingerprint density at radius 3 is 2.35 bits per heavy atom. The van der Waals surface area contributed by atoms with Gasteiger partial charge in [0, 0.05) is 6.54 Å². The van der Waals surface area contributed by atoms with Crippen molar-refractivity contribution in [2.75, 3.05) is 26.7 Å². The predicted octanol–water partition coefficient (Wildman–Crippen LogP) is 1.40. The van der Waals surface area contributed by atoms with Gasteiger partial charge < -0.3 is 0 Å².